The number of aromatic amines is 1. The first-order valence-corrected chi connectivity index (χ1v) is 11.0. The highest BCUT2D eigenvalue weighted by molar-refractivity contribution is 7.90. The van der Waals surface area contributed by atoms with Gasteiger partial charge in [0.15, 0.2) is 0 Å². The van der Waals surface area contributed by atoms with Gasteiger partial charge in [-0.2, -0.15) is 0 Å². The van der Waals surface area contributed by atoms with Crippen LogP contribution >= 0.6 is 23.2 Å². The largest absolute Gasteiger partial charge is 0.457 e. The number of fused-ring (bicyclic) bond motifs is 1. The first-order valence-electron chi connectivity index (χ1n) is 8.80. The van der Waals surface area contributed by atoms with Crippen LogP contribution < -0.4 is 9.46 Å². The van der Waals surface area contributed by atoms with E-state index < -0.39 is 21.7 Å². The summed E-state index contributed by atoms with van der Waals surface area (Å²) in [6.07, 6.45) is 0. The molecule has 6 nitrogen and oxygen atoms in total. The quantitative estimate of drug-likeness (QED) is 0.394. The number of amides is 1. The number of H-pyrrole nitrogens is 1. The summed E-state index contributed by atoms with van der Waals surface area (Å²) in [7, 11) is -4.23. The second kappa shape index (κ2) is 8.22. The molecule has 2 N–H and O–H groups in total. The van der Waals surface area contributed by atoms with Crippen LogP contribution in [-0.2, 0) is 10.0 Å². The fourth-order valence-electron chi connectivity index (χ4n) is 2.89. The van der Waals surface area contributed by atoms with E-state index >= 15 is 0 Å². The van der Waals surface area contributed by atoms with Gasteiger partial charge in [-0.1, -0.05) is 29.3 Å². The van der Waals surface area contributed by atoms with E-state index in [0.29, 0.717) is 22.4 Å². The van der Waals surface area contributed by atoms with Crippen molar-refractivity contribution in [3.05, 3.63) is 88.3 Å². The van der Waals surface area contributed by atoms with E-state index in [2.05, 4.69) is 4.98 Å². The summed E-state index contributed by atoms with van der Waals surface area (Å²) in [6.45, 7) is 0. The average Bonchev–Trinajstić information content (AvgIpc) is 3.15. The monoisotopic (exact) mass is 478 g/mol. The predicted molar refractivity (Wildman–Crippen MR) is 116 cm³/mol. The number of aromatic nitrogens is 1. The molecule has 0 spiro atoms. The summed E-state index contributed by atoms with van der Waals surface area (Å²) in [6, 6.07) is 15.8. The number of rotatable bonds is 5. The molecule has 4 aromatic rings. The van der Waals surface area contributed by atoms with Crippen molar-refractivity contribution in [2.45, 2.75) is 4.90 Å². The van der Waals surface area contributed by atoms with Gasteiger partial charge in [0.05, 0.1) is 5.02 Å². The Hall–Kier alpha value is -3.07. The molecular formula is C21H13Cl2FN2O4S. The number of hydrogen-bond donors (Lipinski definition) is 2. The number of carbonyl (C=O) groups is 1. The minimum atomic E-state index is -4.23. The van der Waals surface area contributed by atoms with Crippen LogP contribution in [0.2, 0.25) is 10.0 Å². The first-order chi connectivity index (χ1) is 14.7. The van der Waals surface area contributed by atoms with Crippen LogP contribution in [0.3, 0.4) is 0 Å². The van der Waals surface area contributed by atoms with E-state index in [-0.39, 0.29) is 20.6 Å². The first kappa shape index (κ1) is 21.2. The molecule has 0 fully saturated rings. The molecule has 158 valence electrons. The van der Waals surface area contributed by atoms with Crippen molar-refractivity contribution < 1.29 is 22.3 Å². The number of benzene rings is 3. The molecule has 0 radical (unpaired) electrons. The fraction of sp³-hybridized carbons (Fsp3) is 0. The van der Waals surface area contributed by atoms with E-state index in [0.717, 1.165) is 0 Å². The molecule has 0 bridgehead atoms. The maximum atomic E-state index is 13.1. The van der Waals surface area contributed by atoms with Gasteiger partial charge in [-0.15, -0.1) is 0 Å². The van der Waals surface area contributed by atoms with E-state index in [1.165, 1.54) is 48.5 Å². The molecule has 0 aliphatic carbocycles. The van der Waals surface area contributed by atoms with Gasteiger partial charge in [-0.05, 0) is 60.7 Å². The lowest BCUT2D eigenvalue weighted by molar-refractivity contribution is 0.0977. The Kier molecular flexibility index (Phi) is 5.62. The summed E-state index contributed by atoms with van der Waals surface area (Å²) in [5, 5.41) is 0.693. The SMILES string of the molecule is O=C(NS(=O)(=O)c1ccc(Cl)cc1Cl)c1cc2c(Oc3ccc(F)cc3)cccc2[nH]1. The molecule has 31 heavy (non-hydrogen) atoms. The number of nitrogens with one attached hydrogen (secondary N) is 2. The molecule has 3 aromatic carbocycles. The van der Waals surface area contributed by atoms with Crippen molar-refractivity contribution in [2.24, 2.45) is 0 Å². The van der Waals surface area contributed by atoms with Gasteiger partial charge in [0.25, 0.3) is 15.9 Å². The highest BCUT2D eigenvalue weighted by Crippen LogP contribution is 2.31. The molecule has 0 saturated heterocycles. The predicted octanol–water partition coefficient (Wildman–Crippen LogP) is 5.52. The molecule has 4 rings (SSSR count). The third kappa shape index (κ3) is 4.51. The van der Waals surface area contributed by atoms with Gasteiger partial charge < -0.3 is 9.72 Å². The van der Waals surface area contributed by atoms with Crippen molar-refractivity contribution in [1.29, 1.82) is 0 Å². The van der Waals surface area contributed by atoms with Crippen LogP contribution in [-0.4, -0.2) is 19.3 Å². The topological polar surface area (TPSA) is 88.3 Å². The number of carbonyl (C=O) groups excluding carboxylic acids is 1. The molecule has 1 heterocycles. The second-order valence-electron chi connectivity index (χ2n) is 6.47. The maximum Gasteiger partial charge on any atom is 0.281 e. The average molecular weight is 479 g/mol. The van der Waals surface area contributed by atoms with Crippen molar-refractivity contribution in [1.82, 2.24) is 9.71 Å². The summed E-state index contributed by atoms with van der Waals surface area (Å²) >= 11 is 11.7. The second-order valence-corrected chi connectivity index (χ2v) is 8.96. The zero-order valence-electron chi connectivity index (χ0n) is 15.5. The van der Waals surface area contributed by atoms with Crippen molar-refractivity contribution in [3.8, 4) is 11.5 Å². The van der Waals surface area contributed by atoms with Crippen molar-refractivity contribution in [3.63, 3.8) is 0 Å². The summed E-state index contributed by atoms with van der Waals surface area (Å²) in [5.41, 5.74) is 0.547. The van der Waals surface area contributed by atoms with E-state index in [4.69, 9.17) is 27.9 Å². The lowest BCUT2D eigenvalue weighted by atomic mass is 10.2. The van der Waals surface area contributed by atoms with Gasteiger partial charge in [0.2, 0.25) is 0 Å². The van der Waals surface area contributed by atoms with Gasteiger partial charge >= 0.3 is 0 Å². The zero-order chi connectivity index (χ0) is 22.2. The Morgan fingerprint density at radius 1 is 1.00 bits per heavy atom. The van der Waals surface area contributed by atoms with Crippen LogP contribution in [0.4, 0.5) is 4.39 Å². The van der Waals surface area contributed by atoms with Crippen LogP contribution in [0.5, 0.6) is 11.5 Å². The molecular weight excluding hydrogens is 466 g/mol. The number of halogens is 3. The summed E-state index contributed by atoms with van der Waals surface area (Å²) in [4.78, 5) is 15.2. The van der Waals surface area contributed by atoms with Crippen LogP contribution in [0.15, 0.2) is 71.6 Å². The smallest absolute Gasteiger partial charge is 0.281 e. The third-order valence-corrected chi connectivity index (χ3v) is 6.37. The number of ether oxygens (including phenoxy) is 1. The molecule has 1 aromatic heterocycles. The van der Waals surface area contributed by atoms with Gasteiger partial charge in [0, 0.05) is 15.9 Å². The Labute approximate surface area is 186 Å². The van der Waals surface area contributed by atoms with Gasteiger partial charge in [-0.25, -0.2) is 17.5 Å². The Balaban J connectivity index is 1.62. The fourth-order valence-corrected chi connectivity index (χ4v) is 4.63. The minimum Gasteiger partial charge on any atom is -0.457 e. The van der Waals surface area contributed by atoms with E-state index in [9.17, 15) is 17.6 Å². The van der Waals surface area contributed by atoms with Gasteiger partial charge in [0.1, 0.15) is 27.9 Å². The molecule has 10 heteroatoms. The summed E-state index contributed by atoms with van der Waals surface area (Å²) < 4.78 is 46.0. The van der Waals surface area contributed by atoms with Crippen LogP contribution in [0, 0.1) is 5.82 Å². The standard InChI is InChI=1S/C21H13Cl2FN2O4S/c22-12-4-9-20(16(23)10-12)31(28,29)26-21(27)18-11-15-17(25-18)2-1-3-19(15)30-14-7-5-13(24)6-8-14/h1-11,25H,(H,26,27). The molecule has 0 unspecified atom stereocenters. The highest BCUT2D eigenvalue weighted by atomic mass is 35.5. The molecule has 0 saturated carbocycles. The maximum absolute atomic E-state index is 13.1. The number of sulfonamides is 1. The van der Waals surface area contributed by atoms with Crippen LogP contribution in [0.25, 0.3) is 10.9 Å². The Morgan fingerprint density at radius 3 is 2.45 bits per heavy atom. The summed E-state index contributed by atoms with van der Waals surface area (Å²) in [5.74, 6) is -0.466. The van der Waals surface area contributed by atoms with Crippen LogP contribution in [0.1, 0.15) is 10.5 Å². The van der Waals surface area contributed by atoms with E-state index in [1.807, 2.05) is 4.72 Å². The molecule has 1 amide bonds. The Morgan fingerprint density at radius 2 is 1.74 bits per heavy atom. The minimum absolute atomic E-state index is 0.00110. The molecule has 0 atom stereocenters. The molecule has 0 aliphatic heterocycles. The van der Waals surface area contributed by atoms with Crippen molar-refractivity contribution in [2.75, 3.05) is 0 Å². The normalized spacial score (nSPS) is 11.5. The lowest BCUT2D eigenvalue weighted by Gasteiger charge is -2.08. The van der Waals surface area contributed by atoms with Gasteiger partial charge in [-0.3, -0.25) is 4.79 Å². The zero-order valence-corrected chi connectivity index (χ0v) is 17.9. The highest BCUT2D eigenvalue weighted by Gasteiger charge is 2.23. The number of hydrogen-bond acceptors (Lipinski definition) is 4. The van der Waals surface area contributed by atoms with Crippen molar-refractivity contribution >= 4 is 50.0 Å². The molecule has 0 aliphatic rings. The Bertz CT molecular complexity index is 1400. The van der Waals surface area contributed by atoms with E-state index in [1.54, 1.807) is 18.2 Å². The lowest BCUT2D eigenvalue weighted by Crippen LogP contribution is -2.31. The third-order valence-electron chi connectivity index (χ3n) is 4.32.